The number of methoxy groups -OCH3 is 1. The first-order valence-electron chi connectivity index (χ1n) is 9.49. The predicted octanol–water partition coefficient (Wildman–Crippen LogP) is 4.00. The average Bonchev–Trinajstić information content (AvgIpc) is 3.32. The van der Waals surface area contributed by atoms with Crippen LogP contribution in [0.1, 0.15) is 39.2 Å². The second-order valence-corrected chi connectivity index (χ2v) is 8.36. The number of anilines is 2. The zero-order valence-corrected chi connectivity index (χ0v) is 17.9. The number of ether oxygens (including phenoxy) is 1. The molecular formula is C20H20FN5O2S2. The van der Waals surface area contributed by atoms with Gasteiger partial charge in [0.15, 0.2) is 5.11 Å². The maximum Gasteiger partial charge on any atom is 0.341 e. The second-order valence-electron chi connectivity index (χ2n) is 6.84. The van der Waals surface area contributed by atoms with Crippen molar-refractivity contribution in [3.63, 3.8) is 0 Å². The monoisotopic (exact) mass is 445 g/mol. The van der Waals surface area contributed by atoms with Crippen LogP contribution in [0.15, 0.2) is 30.6 Å². The van der Waals surface area contributed by atoms with Gasteiger partial charge in [-0.15, -0.1) is 16.4 Å². The van der Waals surface area contributed by atoms with Crippen LogP contribution in [0, 0.1) is 5.82 Å². The number of aryl methyl sites for hydroxylation is 1. The van der Waals surface area contributed by atoms with Gasteiger partial charge in [-0.05, 0) is 49.5 Å². The summed E-state index contributed by atoms with van der Waals surface area (Å²) in [5.74, 6) is -0.381. The van der Waals surface area contributed by atoms with Crippen molar-refractivity contribution >= 4 is 45.6 Å². The highest BCUT2D eigenvalue weighted by Crippen LogP contribution is 2.38. The van der Waals surface area contributed by atoms with Gasteiger partial charge in [0.25, 0.3) is 0 Å². The molecule has 156 valence electrons. The lowest BCUT2D eigenvalue weighted by Gasteiger charge is -2.12. The normalized spacial score (nSPS) is 12.9. The minimum absolute atomic E-state index is 0.256. The van der Waals surface area contributed by atoms with Gasteiger partial charge in [0.05, 0.1) is 19.2 Å². The lowest BCUT2D eigenvalue weighted by Crippen LogP contribution is -2.21. The number of rotatable bonds is 5. The van der Waals surface area contributed by atoms with Crippen LogP contribution in [0.2, 0.25) is 0 Å². The van der Waals surface area contributed by atoms with E-state index in [0.29, 0.717) is 16.1 Å². The Morgan fingerprint density at radius 1 is 1.30 bits per heavy atom. The van der Waals surface area contributed by atoms with Crippen molar-refractivity contribution in [2.24, 2.45) is 0 Å². The Morgan fingerprint density at radius 2 is 2.10 bits per heavy atom. The number of benzene rings is 1. The molecule has 2 aromatic heterocycles. The molecule has 3 aromatic rings. The largest absolute Gasteiger partial charge is 0.465 e. The van der Waals surface area contributed by atoms with E-state index in [2.05, 4.69) is 20.7 Å². The molecule has 10 heteroatoms. The Labute approximate surface area is 182 Å². The molecule has 2 N–H and O–H groups in total. The number of carbonyl (C=O) groups is 1. The van der Waals surface area contributed by atoms with E-state index in [1.807, 2.05) is 0 Å². The second kappa shape index (κ2) is 8.88. The minimum atomic E-state index is -0.369. The molecule has 1 aliphatic carbocycles. The van der Waals surface area contributed by atoms with Crippen molar-refractivity contribution in [1.82, 2.24) is 14.8 Å². The van der Waals surface area contributed by atoms with Crippen molar-refractivity contribution < 1.29 is 13.9 Å². The zero-order chi connectivity index (χ0) is 21.1. The number of nitrogens with one attached hydrogen (secondary N) is 2. The summed E-state index contributed by atoms with van der Waals surface area (Å²) in [4.78, 5) is 17.7. The number of aromatic nitrogens is 3. The average molecular weight is 446 g/mol. The van der Waals surface area contributed by atoms with Gasteiger partial charge >= 0.3 is 5.97 Å². The quantitative estimate of drug-likeness (QED) is 0.454. The molecule has 0 radical (unpaired) electrons. The number of thiocarbonyl (C=S) groups is 1. The zero-order valence-electron chi connectivity index (χ0n) is 16.3. The SMILES string of the molecule is COC(=O)c1c(NC(=S)Nc2ncn(Cc3ccccc3F)n2)sc2c1CCCC2. The smallest absolute Gasteiger partial charge is 0.341 e. The van der Waals surface area contributed by atoms with Gasteiger partial charge in [0, 0.05) is 10.4 Å². The highest BCUT2D eigenvalue weighted by Gasteiger charge is 2.26. The molecule has 0 fully saturated rings. The highest BCUT2D eigenvalue weighted by atomic mass is 32.1. The number of halogens is 1. The van der Waals surface area contributed by atoms with E-state index < -0.39 is 0 Å². The van der Waals surface area contributed by atoms with Gasteiger partial charge in [-0.25, -0.2) is 18.9 Å². The van der Waals surface area contributed by atoms with E-state index in [0.717, 1.165) is 31.2 Å². The van der Waals surface area contributed by atoms with E-state index in [9.17, 15) is 9.18 Å². The molecule has 0 saturated carbocycles. The third-order valence-electron chi connectivity index (χ3n) is 4.84. The van der Waals surface area contributed by atoms with Gasteiger partial charge in [-0.1, -0.05) is 18.2 Å². The maximum atomic E-state index is 13.8. The molecule has 0 spiro atoms. The van der Waals surface area contributed by atoms with Crippen LogP contribution >= 0.6 is 23.6 Å². The Hall–Kier alpha value is -2.85. The van der Waals surface area contributed by atoms with E-state index in [1.54, 1.807) is 18.2 Å². The van der Waals surface area contributed by atoms with Crippen LogP contribution in [0.4, 0.5) is 15.3 Å². The summed E-state index contributed by atoms with van der Waals surface area (Å²) in [6.07, 6.45) is 5.48. The number of hydrogen-bond donors (Lipinski definition) is 2. The Balaban J connectivity index is 1.46. The van der Waals surface area contributed by atoms with Gasteiger partial charge in [0.2, 0.25) is 5.95 Å². The fourth-order valence-corrected chi connectivity index (χ4v) is 4.98. The standard InChI is InChI=1S/C20H20FN5O2S2/c1-28-18(27)16-13-7-3-5-9-15(13)30-17(16)23-20(29)24-19-22-11-26(25-19)10-12-6-2-4-8-14(12)21/h2,4,6,8,11H,3,5,7,9-10H2,1H3,(H2,23,24,25,29). The molecule has 0 atom stereocenters. The van der Waals surface area contributed by atoms with Gasteiger partial charge in [-0.2, -0.15) is 0 Å². The summed E-state index contributed by atoms with van der Waals surface area (Å²) >= 11 is 6.91. The van der Waals surface area contributed by atoms with E-state index in [-0.39, 0.29) is 29.4 Å². The summed E-state index contributed by atoms with van der Waals surface area (Å²) in [5, 5.41) is 11.2. The lowest BCUT2D eigenvalue weighted by atomic mass is 9.95. The fourth-order valence-electron chi connectivity index (χ4n) is 3.44. The summed E-state index contributed by atoms with van der Waals surface area (Å²) in [7, 11) is 1.38. The fraction of sp³-hybridized carbons (Fsp3) is 0.300. The maximum absolute atomic E-state index is 13.8. The van der Waals surface area contributed by atoms with Crippen molar-refractivity contribution in [2.45, 2.75) is 32.2 Å². The van der Waals surface area contributed by atoms with Crippen LogP contribution in [-0.2, 0) is 24.1 Å². The van der Waals surface area contributed by atoms with Crippen molar-refractivity contribution in [1.29, 1.82) is 0 Å². The molecule has 0 unspecified atom stereocenters. The van der Waals surface area contributed by atoms with Crippen LogP contribution < -0.4 is 10.6 Å². The Morgan fingerprint density at radius 3 is 2.90 bits per heavy atom. The summed E-state index contributed by atoms with van der Waals surface area (Å²) in [6, 6.07) is 6.52. The van der Waals surface area contributed by atoms with E-state index >= 15 is 0 Å². The van der Waals surface area contributed by atoms with Crippen LogP contribution in [0.25, 0.3) is 0 Å². The van der Waals surface area contributed by atoms with Crippen LogP contribution in [0.3, 0.4) is 0 Å². The van der Waals surface area contributed by atoms with E-state index in [4.69, 9.17) is 17.0 Å². The molecule has 0 bridgehead atoms. The van der Waals surface area contributed by atoms with Crippen LogP contribution in [-0.4, -0.2) is 33.0 Å². The van der Waals surface area contributed by atoms with Gasteiger partial charge in [-0.3, -0.25) is 5.32 Å². The predicted molar refractivity (Wildman–Crippen MR) is 118 cm³/mol. The first-order chi connectivity index (χ1) is 14.5. The number of fused-ring (bicyclic) bond motifs is 1. The molecule has 0 amide bonds. The molecule has 7 nitrogen and oxygen atoms in total. The molecule has 1 aliphatic rings. The third kappa shape index (κ3) is 4.34. The topological polar surface area (TPSA) is 81.1 Å². The van der Waals surface area contributed by atoms with Gasteiger partial charge < -0.3 is 10.1 Å². The molecule has 1 aromatic carbocycles. The molecule has 30 heavy (non-hydrogen) atoms. The van der Waals surface area contributed by atoms with Crippen molar-refractivity contribution in [3.8, 4) is 0 Å². The third-order valence-corrected chi connectivity index (χ3v) is 6.25. The number of thiophene rings is 1. The summed E-state index contributed by atoms with van der Waals surface area (Å²) in [5.41, 5.74) is 2.12. The summed E-state index contributed by atoms with van der Waals surface area (Å²) < 4.78 is 20.3. The van der Waals surface area contributed by atoms with Gasteiger partial charge in [0.1, 0.15) is 17.1 Å². The molecule has 2 heterocycles. The lowest BCUT2D eigenvalue weighted by molar-refractivity contribution is 0.0601. The van der Waals surface area contributed by atoms with Crippen LogP contribution in [0.5, 0.6) is 0 Å². The molecule has 0 aliphatic heterocycles. The summed E-state index contributed by atoms with van der Waals surface area (Å²) in [6.45, 7) is 0.256. The first kappa shape index (κ1) is 20.4. The molecule has 0 saturated heterocycles. The number of hydrogen-bond acceptors (Lipinski definition) is 6. The highest BCUT2D eigenvalue weighted by molar-refractivity contribution is 7.80. The number of esters is 1. The Bertz CT molecular complexity index is 1090. The minimum Gasteiger partial charge on any atom is -0.465 e. The molecular weight excluding hydrogens is 425 g/mol. The first-order valence-corrected chi connectivity index (χ1v) is 10.7. The number of nitrogens with zero attached hydrogens (tertiary/aromatic N) is 3. The van der Waals surface area contributed by atoms with E-state index in [1.165, 1.54) is 40.4 Å². The van der Waals surface area contributed by atoms with Crippen molar-refractivity contribution in [3.05, 3.63) is 58.0 Å². The number of carbonyl (C=O) groups excluding carboxylic acids is 1. The molecule has 4 rings (SSSR count). The Kier molecular flexibility index (Phi) is 6.05. The van der Waals surface area contributed by atoms with Crippen molar-refractivity contribution in [2.75, 3.05) is 17.7 Å².